The zero-order chi connectivity index (χ0) is 25.7. The zero-order valence-corrected chi connectivity index (χ0v) is 20.0. The van der Waals surface area contributed by atoms with Gasteiger partial charge in [0.15, 0.2) is 0 Å². The van der Waals surface area contributed by atoms with Crippen LogP contribution in [-0.4, -0.2) is 56.7 Å². The first-order chi connectivity index (χ1) is 17.0. The highest BCUT2D eigenvalue weighted by atomic mass is 19.3. The number of nitrogens with one attached hydrogen (secondary N) is 1. The zero-order valence-electron chi connectivity index (χ0n) is 20.0. The first-order valence-electron chi connectivity index (χ1n) is 12.1. The lowest BCUT2D eigenvalue weighted by Gasteiger charge is -2.38. The molecule has 1 aromatic heterocycles. The van der Waals surface area contributed by atoms with E-state index in [-0.39, 0.29) is 36.8 Å². The second-order valence-corrected chi connectivity index (χ2v) is 9.99. The van der Waals surface area contributed by atoms with E-state index in [0.29, 0.717) is 49.4 Å². The molecule has 1 aromatic carbocycles. The third kappa shape index (κ3) is 4.62. The number of carbonyl (C=O) groups excluding carboxylic acids is 3. The van der Waals surface area contributed by atoms with Gasteiger partial charge in [-0.1, -0.05) is 18.2 Å². The molecule has 190 valence electrons. The number of imide groups is 1. The van der Waals surface area contributed by atoms with E-state index in [4.69, 9.17) is 0 Å². The molecule has 8 nitrogen and oxygen atoms in total. The largest absolute Gasteiger partial charge is 0.383 e. The molecule has 0 aliphatic carbocycles. The van der Waals surface area contributed by atoms with Gasteiger partial charge in [0.05, 0.1) is 23.5 Å². The van der Waals surface area contributed by atoms with Crippen LogP contribution < -0.4 is 5.32 Å². The smallest absolute Gasteiger partial charge is 0.270 e. The Kier molecular flexibility index (Phi) is 6.12. The van der Waals surface area contributed by atoms with Gasteiger partial charge in [0.25, 0.3) is 11.8 Å². The van der Waals surface area contributed by atoms with Crippen LogP contribution in [0.3, 0.4) is 0 Å². The Hall–Kier alpha value is -3.24. The first kappa shape index (κ1) is 24.5. The molecule has 3 amide bonds. The molecular weight excluding hydrogens is 470 g/mol. The summed E-state index contributed by atoms with van der Waals surface area (Å²) in [5.41, 5.74) is 0.993. The Morgan fingerprint density at radius 3 is 2.61 bits per heavy atom. The van der Waals surface area contributed by atoms with Crippen LogP contribution in [0, 0.1) is 0 Å². The van der Waals surface area contributed by atoms with Gasteiger partial charge >= 0.3 is 0 Å². The van der Waals surface area contributed by atoms with Gasteiger partial charge in [0.2, 0.25) is 11.8 Å². The Balaban J connectivity index is 1.25. The number of aliphatic hydroxyl groups is 1. The molecular formula is C26H28F2N4O4. The van der Waals surface area contributed by atoms with Crippen molar-refractivity contribution < 1.29 is 28.3 Å². The molecule has 2 saturated heterocycles. The van der Waals surface area contributed by atoms with E-state index >= 15 is 0 Å². The number of nitrogens with zero attached hydrogens (tertiary/aromatic N) is 3. The summed E-state index contributed by atoms with van der Waals surface area (Å²) < 4.78 is 27.4. The molecule has 2 aromatic rings. The number of piperidine rings is 2. The van der Waals surface area contributed by atoms with Gasteiger partial charge in [-0.05, 0) is 43.0 Å². The number of carbonyl (C=O) groups is 3. The third-order valence-electron chi connectivity index (χ3n) is 7.37. The number of likely N-dealkylation sites (tertiary alicyclic amines) is 1. The van der Waals surface area contributed by atoms with E-state index in [0.717, 1.165) is 12.5 Å². The van der Waals surface area contributed by atoms with E-state index in [1.54, 1.807) is 18.2 Å². The summed E-state index contributed by atoms with van der Waals surface area (Å²) >= 11 is 0. The standard InChI is InChI=1S/C26H28F2N4O4/c1-25(27,28)17-4-2-3-16(13-17)14-31-11-9-26(36,10-12-31)21-7-5-18-19(29-21)15-32(24(18)35)20-6-8-22(33)30-23(20)34/h2-5,7,13,20,36H,6,8-12,14-15H2,1H3,(H,30,33,34). The van der Waals surface area contributed by atoms with Gasteiger partial charge in [-0.2, -0.15) is 0 Å². The summed E-state index contributed by atoms with van der Waals surface area (Å²) in [4.78, 5) is 44.8. The minimum atomic E-state index is -2.90. The van der Waals surface area contributed by atoms with Crippen LogP contribution in [0.5, 0.6) is 0 Å². The molecule has 3 aliphatic rings. The fourth-order valence-electron chi connectivity index (χ4n) is 5.23. The lowest BCUT2D eigenvalue weighted by molar-refractivity contribution is -0.136. The molecule has 1 atom stereocenters. The van der Waals surface area contributed by atoms with Crippen LogP contribution in [0.15, 0.2) is 36.4 Å². The second kappa shape index (κ2) is 9.01. The summed E-state index contributed by atoms with van der Waals surface area (Å²) in [6.07, 6.45) is 1.27. The summed E-state index contributed by atoms with van der Waals surface area (Å²) in [5, 5.41) is 13.7. The number of halogens is 2. The van der Waals surface area contributed by atoms with Gasteiger partial charge in [-0.3, -0.25) is 29.6 Å². The van der Waals surface area contributed by atoms with Gasteiger partial charge in [0.1, 0.15) is 11.6 Å². The highest BCUT2D eigenvalue weighted by Gasteiger charge is 2.41. The number of pyridine rings is 1. The second-order valence-electron chi connectivity index (χ2n) is 9.99. The number of amides is 3. The first-order valence-corrected chi connectivity index (χ1v) is 12.1. The molecule has 3 aliphatic heterocycles. The monoisotopic (exact) mass is 498 g/mol. The van der Waals surface area contributed by atoms with Crippen molar-refractivity contribution in [2.24, 2.45) is 0 Å². The average Bonchev–Trinajstić information content (AvgIpc) is 3.16. The van der Waals surface area contributed by atoms with Crippen molar-refractivity contribution in [3.05, 3.63) is 64.5 Å². The Bertz CT molecular complexity index is 1220. The van der Waals surface area contributed by atoms with E-state index in [1.807, 2.05) is 6.07 Å². The Labute approximate surface area is 207 Å². The molecule has 1 unspecified atom stereocenters. The van der Waals surface area contributed by atoms with Crippen LogP contribution in [0.2, 0.25) is 0 Å². The number of hydrogen-bond donors (Lipinski definition) is 2. The summed E-state index contributed by atoms with van der Waals surface area (Å²) in [6.45, 7) is 2.66. The van der Waals surface area contributed by atoms with E-state index in [1.165, 1.54) is 17.0 Å². The third-order valence-corrected chi connectivity index (χ3v) is 7.37. The topological polar surface area (TPSA) is 103 Å². The maximum atomic E-state index is 13.7. The number of benzene rings is 1. The van der Waals surface area contributed by atoms with Crippen LogP contribution in [0.25, 0.3) is 0 Å². The highest BCUT2D eigenvalue weighted by molar-refractivity contribution is 6.05. The Morgan fingerprint density at radius 2 is 1.92 bits per heavy atom. The van der Waals surface area contributed by atoms with Gasteiger partial charge in [-0.15, -0.1) is 0 Å². The summed E-state index contributed by atoms with van der Waals surface area (Å²) in [7, 11) is 0. The highest BCUT2D eigenvalue weighted by Crippen LogP contribution is 2.35. The van der Waals surface area contributed by atoms with Crippen molar-refractivity contribution in [3.8, 4) is 0 Å². The van der Waals surface area contributed by atoms with Crippen LogP contribution in [-0.2, 0) is 34.2 Å². The molecule has 10 heteroatoms. The maximum absolute atomic E-state index is 13.7. The average molecular weight is 499 g/mol. The molecule has 0 spiro atoms. The number of hydrogen-bond acceptors (Lipinski definition) is 6. The lowest BCUT2D eigenvalue weighted by atomic mass is 9.87. The van der Waals surface area contributed by atoms with Crippen molar-refractivity contribution in [2.75, 3.05) is 13.1 Å². The fourth-order valence-corrected chi connectivity index (χ4v) is 5.23. The molecule has 5 rings (SSSR count). The number of rotatable bonds is 5. The molecule has 36 heavy (non-hydrogen) atoms. The minimum Gasteiger partial charge on any atom is -0.383 e. The summed E-state index contributed by atoms with van der Waals surface area (Å²) in [6, 6.07) is 8.99. The summed E-state index contributed by atoms with van der Waals surface area (Å²) in [5.74, 6) is -4.02. The van der Waals surface area contributed by atoms with Crippen molar-refractivity contribution in [3.63, 3.8) is 0 Å². The van der Waals surface area contributed by atoms with Crippen molar-refractivity contribution in [2.45, 2.75) is 63.3 Å². The molecule has 2 N–H and O–H groups in total. The maximum Gasteiger partial charge on any atom is 0.270 e. The minimum absolute atomic E-state index is 0.0169. The normalized spacial score (nSPS) is 22.5. The van der Waals surface area contributed by atoms with Crippen LogP contribution >= 0.6 is 0 Å². The van der Waals surface area contributed by atoms with E-state index in [2.05, 4.69) is 15.2 Å². The molecule has 0 saturated carbocycles. The molecule has 4 heterocycles. The van der Waals surface area contributed by atoms with Crippen LogP contribution in [0.4, 0.5) is 8.78 Å². The van der Waals surface area contributed by atoms with Gasteiger partial charge in [0, 0.05) is 38.5 Å². The van der Waals surface area contributed by atoms with Crippen molar-refractivity contribution in [1.29, 1.82) is 0 Å². The van der Waals surface area contributed by atoms with E-state index in [9.17, 15) is 28.3 Å². The quantitative estimate of drug-likeness (QED) is 0.614. The predicted molar refractivity (Wildman–Crippen MR) is 125 cm³/mol. The number of alkyl halides is 2. The van der Waals surface area contributed by atoms with Gasteiger partial charge in [-0.25, -0.2) is 8.78 Å². The van der Waals surface area contributed by atoms with Crippen molar-refractivity contribution in [1.82, 2.24) is 20.1 Å². The van der Waals surface area contributed by atoms with Crippen LogP contribution in [0.1, 0.15) is 65.5 Å². The predicted octanol–water partition coefficient (Wildman–Crippen LogP) is 2.44. The number of aromatic nitrogens is 1. The lowest BCUT2D eigenvalue weighted by Crippen LogP contribution is -2.52. The SMILES string of the molecule is CC(F)(F)c1cccc(CN2CCC(O)(c3ccc4c(n3)CN(C3CCC(=O)NC3=O)C4=O)CC2)c1. The fraction of sp³-hybridized carbons (Fsp3) is 0.462. The van der Waals surface area contributed by atoms with E-state index < -0.39 is 23.5 Å². The van der Waals surface area contributed by atoms with Gasteiger partial charge < -0.3 is 10.0 Å². The Morgan fingerprint density at radius 1 is 1.17 bits per heavy atom. The van der Waals surface area contributed by atoms with Crippen molar-refractivity contribution >= 4 is 17.7 Å². The molecule has 0 bridgehead atoms. The molecule has 2 fully saturated rings. The number of fused-ring (bicyclic) bond motifs is 1. The molecule has 0 radical (unpaired) electrons.